The summed E-state index contributed by atoms with van der Waals surface area (Å²) in [5.41, 5.74) is 0.414. The molecule has 0 amide bonds. The van der Waals surface area contributed by atoms with E-state index in [9.17, 15) is 5.11 Å². The van der Waals surface area contributed by atoms with E-state index >= 15 is 0 Å². The van der Waals surface area contributed by atoms with Crippen molar-refractivity contribution >= 4 is 11.6 Å². The summed E-state index contributed by atoms with van der Waals surface area (Å²) >= 11 is 6.22. The van der Waals surface area contributed by atoms with Gasteiger partial charge in [0, 0.05) is 18.1 Å². The first-order valence-corrected chi connectivity index (χ1v) is 6.54. The highest BCUT2D eigenvalue weighted by atomic mass is 35.5. The van der Waals surface area contributed by atoms with Gasteiger partial charge >= 0.3 is 0 Å². The molecule has 0 radical (unpaired) electrons. The van der Waals surface area contributed by atoms with Crippen molar-refractivity contribution in [1.29, 1.82) is 0 Å². The summed E-state index contributed by atoms with van der Waals surface area (Å²) < 4.78 is 11.2. The Balaban J connectivity index is 2.41. The molecule has 0 bridgehead atoms. The molecule has 2 rings (SSSR count). The number of halogens is 1. The number of rotatable bonds is 1. The second kappa shape index (κ2) is 4.98. The Morgan fingerprint density at radius 3 is 2.28 bits per heavy atom. The normalized spacial score (nSPS) is 17.2. The molecule has 1 aliphatic heterocycles. The van der Waals surface area contributed by atoms with E-state index in [2.05, 4.69) is 0 Å². The van der Waals surface area contributed by atoms with Gasteiger partial charge in [-0.3, -0.25) is 0 Å². The molecule has 0 saturated carbocycles. The standard InChI is InChI=1S/C14H19ClO3/c1-14(2,3)13(16)9-7-11-12(8-10(9)15)18-6-4-5-17-11/h7-8,13,16H,4-6H2,1-3H3. The van der Waals surface area contributed by atoms with Crippen LogP contribution in [0.2, 0.25) is 5.02 Å². The SMILES string of the molecule is CC(C)(C)C(O)c1cc2c(cc1Cl)OCCCO2. The van der Waals surface area contributed by atoms with Crippen molar-refractivity contribution in [3.63, 3.8) is 0 Å². The summed E-state index contributed by atoms with van der Waals surface area (Å²) in [6.07, 6.45) is 0.214. The lowest BCUT2D eigenvalue weighted by atomic mass is 9.84. The first kappa shape index (κ1) is 13.5. The predicted molar refractivity (Wildman–Crippen MR) is 71.5 cm³/mol. The number of ether oxygens (including phenoxy) is 2. The maximum atomic E-state index is 10.3. The predicted octanol–water partition coefficient (Wildman–Crippen LogP) is 3.58. The number of hydrogen-bond acceptors (Lipinski definition) is 3. The highest BCUT2D eigenvalue weighted by molar-refractivity contribution is 6.31. The van der Waals surface area contributed by atoms with E-state index in [-0.39, 0.29) is 5.41 Å². The number of fused-ring (bicyclic) bond motifs is 1. The van der Waals surface area contributed by atoms with Crippen LogP contribution in [0.25, 0.3) is 0 Å². The first-order chi connectivity index (χ1) is 8.39. The molecule has 1 atom stereocenters. The smallest absolute Gasteiger partial charge is 0.162 e. The van der Waals surface area contributed by atoms with E-state index in [0.29, 0.717) is 35.3 Å². The van der Waals surface area contributed by atoms with E-state index in [4.69, 9.17) is 21.1 Å². The van der Waals surface area contributed by atoms with Crippen LogP contribution in [0, 0.1) is 5.41 Å². The maximum absolute atomic E-state index is 10.3. The van der Waals surface area contributed by atoms with Crippen molar-refractivity contribution in [3.8, 4) is 11.5 Å². The Morgan fingerprint density at radius 2 is 1.72 bits per heavy atom. The molecule has 0 spiro atoms. The van der Waals surface area contributed by atoms with Gasteiger partial charge in [-0.05, 0) is 11.5 Å². The number of aliphatic hydroxyl groups excluding tert-OH is 1. The fourth-order valence-corrected chi connectivity index (χ4v) is 2.13. The van der Waals surface area contributed by atoms with E-state index in [1.54, 1.807) is 12.1 Å². The monoisotopic (exact) mass is 270 g/mol. The van der Waals surface area contributed by atoms with Gasteiger partial charge in [-0.25, -0.2) is 0 Å². The molecule has 1 aromatic rings. The molecule has 100 valence electrons. The third-order valence-electron chi connectivity index (χ3n) is 2.98. The molecule has 4 heteroatoms. The minimum absolute atomic E-state index is 0.274. The van der Waals surface area contributed by atoms with Crippen LogP contribution in [0.4, 0.5) is 0 Å². The zero-order valence-corrected chi connectivity index (χ0v) is 11.8. The van der Waals surface area contributed by atoms with Crippen molar-refractivity contribution in [3.05, 3.63) is 22.7 Å². The molecule has 1 aromatic carbocycles. The average Bonchev–Trinajstić information content (AvgIpc) is 2.50. The third kappa shape index (κ3) is 2.73. The van der Waals surface area contributed by atoms with E-state index in [1.807, 2.05) is 20.8 Å². The van der Waals surface area contributed by atoms with Crippen LogP contribution in [-0.2, 0) is 0 Å². The van der Waals surface area contributed by atoms with Crippen LogP contribution in [0.5, 0.6) is 11.5 Å². The van der Waals surface area contributed by atoms with Gasteiger partial charge in [-0.2, -0.15) is 0 Å². The second-order valence-corrected chi connectivity index (χ2v) is 6.05. The number of hydrogen-bond donors (Lipinski definition) is 1. The first-order valence-electron chi connectivity index (χ1n) is 6.16. The van der Waals surface area contributed by atoms with Crippen molar-refractivity contribution in [1.82, 2.24) is 0 Å². The highest BCUT2D eigenvalue weighted by Crippen LogP contribution is 2.42. The minimum atomic E-state index is -0.637. The summed E-state index contributed by atoms with van der Waals surface area (Å²) in [4.78, 5) is 0. The fraction of sp³-hybridized carbons (Fsp3) is 0.571. The van der Waals surface area contributed by atoms with Crippen molar-refractivity contribution < 1.29 is 14.6 Å². The van der Waals surface area contributed by atoms with Gasteiger partial charge in [-0.1, -0.05) is 32.4 Å². The molecule has 0 saturated heterocycles. The molecule has 1 N–H and O–H groups in total. The van der Waals surface area contributed by atoms with Crippen LogP contribution in [0.1, 0.15) is 38.9 Å². The van der Waals surface area contributed by atoms with Crippen LogP contribution >= 0.6 is 11.6 Å². The zero-order chi connectivity index (χ0) is 13.3. The topological polar surface area (TPSA) is 38.7 Å². The third-order valence-corrected chi connectivity index (χ3v) is 3.31. The van der Waals surface area contributed by atoms with Crippen molar-refractivity contribution in [2.45, 2.75) is 33.3 Å². The molecule has 0 aliphatic carbocycles. The summed E-state index contributed by atoms with van der Waals surface area (Å²) in [5.74, 6) is 1.32. The Kier molecular flexibility index (Phi) is 3.74. The largest absolute Gasteiger partial charge is 0.490 e. The van der Waals surface area contributed by atoms with E-state index in [1.165, 1.54) is 0 Å². The maximum Gasteiger partial charge on any atom is 0.162 e. The van der Waals surface area contributed by atoms with Gasteiger partial charge in [0.25, 0.3) is 0 Å². The van der Waals surface area contributed by atoms with Gasteiger partial charge in [0.2, 0.25) is 0 Å². The molecule has 0 aromatic heterocycles. The quantitative estimate of drug-likeness (QED) is 0.848. The second-order valence-electron chi connectivity index (χ2n) is 5.64. The molecule has 1 heterocycles. The summed E-state index contributed by atoms with van der Waals surface area (Å²) in [7, 11) is 0. The van der Waals surface area contributed by atoms with Crippen molar-refractivity contribution in [2.75, 3.05) is 13.2 Å². The number of benzene rings is 1. The van der Waals surface area contributed by atoms with Gasteiger partial charge in [-0.15, -0.1) is 0 Å². The molecule has 3 nitrogen and oxygen atoms in total. The average molecular weight is 271 g/mol. The van der Waals surface area contributed by atoms with E-state index < -0.39 is 6.10 Å². The van der Waals surface area contributed by atoms with Crippen LogP contribution in [0.3, 0.4) is 0 Å². The molecule has 1 aliphatic rings. The Bertz CT molecular complexity index is 437. The summed E-state index contributed by atoms with van der Waals surface area (Å²) in [6.45, 7) is 7.16. The van der Waals surface area contributed by atoms with Crippen LogP contribution in [-0.4, -0.2) is 18.3 Å². The highest BCUT2D eigenvalue weighted by Gasteiger charge is 2.27. The summed E-state index contributed by atoms with van der Waals surface area (Å²) in [5, 5.41) is 10.8. The fourth-order valence-electron chi connectivity index (χ4n) is 1.88. The molecular formula is C14H19ClO3. The molecule has 1 unspecified atom stereocenters. The Morgan fingerprint density at radius 1 is 1.17 bits per heavy atom. The molecule has 18 heavy (non-hydrogen) atoms. The van der Waals surface area contributed by atoms with Gasteiger partial charge in [0.1, 0.15) is 0 Å². The minimum Gasteiger partial charge on any atom is -0.490 e. The Hall–Kier alpha value is -0.930. The van der Waals surface area contributed by atoms with Gasteiger partial charge < -0.3 is 14.6 Å². The molecular weight excluding hydrogens is 252 g/mol. The Labute approximate surface area is 113 Å². The van der Waals surface area contributed by atoms with Crippen molar-refractivity contribution in [2.24, 2.45) is 5.41 Å². The zero-order valence-electron chi connectivity index (χ0n) is 11.0. The van der Waals surface area contributed by atoms with E-state index in [0.717, 1.165) is 6.42 Å². The lowest BCUT2D eigenvalue weighted by Gasteiger charge is -2.27. The van der Waals surface area contributed by atoms with Crippen LogP contribution in [0.15, 0.2) is 12.1 Å². The van der Waals surface area contributed by atoms with Gasteiger partial charge in [0.05, 0.1) is 24.3 Å². The lowest BCUT2D eigenvalue weighted by molar-refractivity contribution is 0.0625. The van der Waals surface area contributed by atoms with Gasteiger partial charge in [0.15, 0.2) is 11.5 Å². The molecule has 0 fully saturated rings. The number of aliphatic hydroxyl groups is 1. The summed E-state index contributed by atoms with van der Waals surface area (Å²) in [6, 6.07) is 3.52. The van der Waals surface area contributed by atoms with Crippen LogP contribution < -0.4 is 9.47 Å². The lowest BCUT2D eigenvalue weighted by Crippen LogP contribution is -2.18.